The first kappa shape index (κ1) is 14.5. The Kier molecular flexibility index (Phi) is 4.39. The molecule has 1 heterocycles. The summed E-state index contributed by atoms with van der Waals surface area (Å²) in [7, 11) is 0. The van der Waals surface area contributed by atoms with Gasteiger partial charge in [0.05, 0.1) is 12.5 Å². The number of carboxylic acid groups (broad SMARTS) is 1. The number of benzene rings is 1. The number of aliphatic carboxylic acids is 1. The Morgan fingerprint density at radius 3 is 2.80 bits per heavy atom. The second-order valence-electron chi connectivity index (χ2n) is 5.20. The molecule has 3 N–H and O–H groups in total. The van der Waals surface area contributed by atoms with Gasteiger partial charge in [0.2, 0.25) is 5.91 Å². The maximum absolute atomic E-state index is 12.4. The molecular weight excluding hydrogens is 256 g/mol. The van der Waals surface area contributed by atoms with Crippen molar-refractivity contribution in [3.8, 4) is 0 Å². The summed E-state index contributed by atoms with van der Waals surface area (Å²) in [6, 6.07) is 6.95. The first-order chi connectivity index (χ1) is 9.54. The largest absolute Gasteiger partial charge is 0.481 e. The van der Waals surface area contributed by atoms with Crippen molar-refractivity contribution in [2.75, 3.05) is 11.4 Å². The molecule has 0 aromatic heterocycles. The second-order valence-corrected chi connectivity index (χ2v) is 5.20. The Morgan fingerprint density at radius 2 is 2.15 bits per heavy atom. The lowest BCUT2D eigenvalue weighted by Crippen LogP contribution is -2.43. The standard InChI is InChI=1S/C15H20N2O3/c1-2-5-12(16)15(20)17-9-10(8-14(18)19)11-6-3-4-7-13(11)17/h3-4,6-7,10,12H,2,5,8-9,16H2,1H3,(H,18,19)/t10?,12-/m0/s1. The molecule has 1 unspecified atom stereocenters. The third kappa shape index (κ3) is 2.82. The Hall–Kier alpha value is -1.88. The van der Waals surface area contributed by atoms with E-state index in [-0.39, 0.29) is 18.2 Å². The van der Waals surface area contributed by atoms with Gasteiger partial charge in [0.1, 0.15) is 0 Å². The van der Waals surface area contributed by atoms with Gasteiger partial charge in [-0.2, -0.15) is 0 Å². The van der Waals surface area contributed by atoms with Crippen LogP contribution < -0.4 is 10.6 Å². The SMILES string of the molecule is CCC[C@H](N)C(=O)N1CC(CC(=O)O)c2ccccc21. The number of rotatable bonds is 5. The molecule has 5 heteroatoms. The minimum atomic E-state index is -0.850. The quantitative estimate of drug-likeness (QED) is 0.857. The highest BCUT2D eigenvalue weighted by Gasteiger charge is 2.34. The van der Waals surface area contributed by atoms with Crippen LogP contribution in [0.2, 0.25) is 0 Å². The van der Waals surface area contributed by atoms with Crippen LogP contribution in [0, 0.1) is 0 Å². The van der Waals surface area contributed by atoms with E-state index >= 15 is 0 Å². The lowest BCUT2D eigenvalue weighted by Gasteiger charge is -2.21. The van der Waals surface area contributed by atoms with Crippen LogP contribution in [-0.4, -0.2) is 29.6 Å². The predicted octanol–water partition coefficient (Wildman–Crippen LogP) is 1.72. The normalized spacial score (nSPS) is 18.7. The summed E-state index contributed by atoms with van der Waals surface area (Å²) in [4.78, 5) is 25.0. The zero-order valence-corrected chi connectivity index (χ0v) is 11.6. The first-order valence-corrected chi connectivity index (χ1v) is 6.92. The molecule has 2 rings (SSSR count). The van der Waals surface area contributed by atoms with Crippen molar-refractivity contribution in [1.29, 1.82) is 0 Å². The van der Waals surface area contributed by atoms with Gasteiger partial charge in [0.25, 0.3) is 0 Å². The van der Waals surface area contributed by atoms with Gasteiger partial charge in [-0.3, -0.25) is 9.59 Å². The molecule has 1 amide bonds. The highest BCUT2D eigenvalue weighted by Crippen LogP contribution is 2.38. The molecule has 1 aliphatic rings. The molecular formula is C15H20N2O3. The Morgan fingerprint density at radius 1 is 1.45 bits per heavy atom. The van der Waals surface area contributed by atoms with Crippen molar-refractivity contribution in [1.82, 2.24) is 0 Å². The molecule has 0 spiro atoms. The van der Waals surface area contributed by atoms with E-state index in [1.165, 1.54) is 0 Å². The monoisotopic (exact) mass is 276 g/mol. The fourth-order valence-corrected chi connectivity index (χ4v) is 2.72. The van der Waals surface area contributed by atoms with E-state index in [9.17, 15) is 9.59 Å². The smallest absolute Gasteiger partial charge is 0.304 e. The zero-order valence-electron chi connectivity index (χ0n) is 11.6. The average Bonchev–Trinajstić information content (AvgIpc) is 2.77. The maximum Gasteiger partial charge on any atom is 0.304 e. The van der Waals surface area contributed by atoms with Crippen molar-refractivity contribution in [2.45, 2.75) is 38.1 Å². The van der Waals surface area contributed by atoms with Crippen molar-refractivity contribution in [2.24, 2.45) is 5.73 Å². The zero-order chi connectivity index (χ0) is 14.7. The molecule has 0 aliphatic carbocycles. The number of carbonyl (C=O) groups is 2. The van der Waals surface area contributed by atoms with Crippen molar-refractivity contribution < 1.29 is 14.7 Å². The summed E-state index contributed by atoms with van der Waals surface area (Å²) < 4.78 is 0. The Bertz CT molecular complexity index is 516. The third-order valence-electron chi connectivity index (χ3n) is 3.67. The molecule has 0 saturated heterocycles. The number of anilines is 1. The number of carbonyl (C=O) groups excluding carboxylic acids is 1. The summed E-state index contributed by atoms with van der Waals surface area (Å²) in [5, 5.41) is 8.99. The Balaban J connectivity index is 2.24. The van der Waals surface area contributed by atoms with Crippen LogP contribution in [0.4, 0.5) is 5.69 Å². The maximum atomic E-state index is 12.4. The lowest BCUT2D eigenvalue weighted by molar-refractivity contribution is -0.137. The number of carboxylic acids is 1. The summed E-state index contributed by atoms with van der Waals surface area (Å²) >= 11 is 0. The van der Waals surface area contributed by atoms with Crippen molar-refractivity contribution in [3.63, 3.8) is 0 Å². The van der Waals surface area contributed by atoms with E-state index in [0.29, 0.717) is 13.0 Å². The van der Waals surface area contributed by atoms with Gasteiger partial charge in [-0.15, -0.1) is 0 Å². The molecule has 0 fully saturated rings. The fraction of sp³-hybridized carbons (Fsp3) is 0.467. The number of amides is 1. The molecule has 1 aromatic rings. The van der Waals surface area contributed by atoms with Gasteiger partial charge in [-0.05, 0) is 18.1 Å². The minimum Gasteiger partial charge on any atom is -0.481 e. The lowest BCUT2D eigenvalue weighted by atomic mass is 9.98. The van der Waals surface area contributed by atoms with Gasteiger partial charge in [0.15, 0.2) is 0 Å². The summed E-state index contributed by atoms with van der Waals surface area (Å²) in [6.45, 7) is 2.39. The first-order valence-electron chi connectivity index (χ1n) is 6.92. The molecule has 1 aliphatic heterocycles. The number of para-hydroxylation sites is 1. The van der Waals surface area contributed by atoms with Crippen LogP contribution in [-0.2, 0) is 9.59 Å². The van der Waals surface area contributed by atoms with Crippen LogP contribution in [0.25, 0.3) is 0 Å². The number of nitrogens with zero attached hydrogens (tertiary/aromatic N) is 1. The molecule has 1 aromatic carbocycles. The predicted molar refractivity (Wildman–Crippen MR) is 76.7 cm³/mol. The van der Waals surface area contributed by atoms with Gasteiger partial charge >= 0.3 is 5.97 Å². The van der Waals surface area contributed by atoms with Crippen LogP contribution in [0.5, 0.6) is 0 Å². The summed E-state index contributed by atoms with van der Waals surface area (Å²) in [5.74, 6) is -1.12. The van der Waals surface area contributed by atoms with Crippen LogP contribution in [0.15, 0.2) is 24.3 Å². The van der Waals surface area contributed by atoms with Crippen LogP contribution in [0.3, 0.4) is 0 Å². The molecule has 0 bridgehead atoms. The number of fused-ring (bicyclic) bond motifs is 1. The van der Waals surface area contributed by atoms with Crippen LogP contribution in [0.1, 0.15) is 37.7 Å². The minimum absolute atomic E-state index is 0.0316. The summed E-state index contributed by atoms with van der Waals surface area (Å²) in [5.41, 5.74) is 7.63. The van der Waals surface area contributed by atoms with Crippen molar-refractivity contribution in [3.05, 3.63) is 29.8 Å². The van der Waals surface area contributed by atoms with Gasteiger partial charge in [-0.25, -0.2) is 0 Å². The molecule has 5 nitrogen and oxygen atoms in total. The molecule has 0 saturated carbocycles. The third-order valence-corrected chi connectivity index (χ3v) is 3.67. The van der Waals surface area contributed by atoms with Gasteiger partial charge in [0, 0.05) is 18.2 Å². The van der Waals surface area contributed by atoms with Crippen molar-refractivity contribution >= 4 is 17.6 Å². The highest BCUT2D eigenvalue weighted by atomic mass is 16.4. The number of hydrogen-bond donors (Lipinski definition) is 2. The van der Waals surface area contributed by atoms with Gasteiger partial charge < -0.3 is 15.7 Å². The molecule has 0 radical (unpaired) electrons. The van der Waals surface area contributed by atoms with E-state index in [1.54, 1.807) is 4.90 Å². The Labute approximate surface area is 118 Å². The average molecular weight is 276 g/mol. The molecule has 20 heavy (non-hydrogen) atoms. The number of hydrogen-bond acceptors (Lipinski definition) is 3. The topological polar surface area (TPSA) is 83.6 Å². The van der Waals surface area contributed by atoms with E-state index < -0.39 is 12.0 Å². The van der Waals surface area contributed by atoms with Gasteiger partial charge in [-0.1, -0.05) is 31.5 Å². The molecule has 108 valence electrons. The second kappa shape index (κ2) is 6.05. The number of nitrogens with two attached hydrogens (primary N) is 1. The summed E-state index contributed by atoms with van der Waals surface area (Å²) in [6.07, 6.45) is 1.52. The van der Waals surface area contributed by atoms with Crippen LogP contribution >= 0.6 is 0 Å². The fourth-order valence-electron chi connectivity index (χ4n) is 2.72. The van der Waals surface area contributed by atoms with E-state index in [4.69, 9.17) is 10.8 Å². The van der Waals surface area contributed by atoms with E-state index in [0.717, 1.165) is 17.7 Å². The van der Waals surface area contributed by atoms with E-state index in [2.05, 4.69) is 0 Å². The van der Waals surface area contributed by atoms with E-state index in [1.807, 2.05) is 31.2 Å². The molecule has 2 atom stereocenters. The highest BCUT2D eigenvalue weighted by molar-refractivity contribution is 5.99.